The van der Waals surface area contributed by atoms with Gasteiger partial charge < -0.3 is 14.6 Å². The minimum absolute atomic E-state index is 0.174. The van der Waals surface area contributed by atoms with Gasteiger partial charge in [-0.3, -0.25) is 4.79 Å². The van der Waals surface area contributed by atoms with Crippen molar-refractivity contribution in [1.82, 2.24) is 13.9 Å². The maximum absolute atomic E-state index is 12.9. The molecule has 0 radical (unpaired) electrons. The summed E-state index contributed by atoms with van der Waals surface area (Å²) in [6.07, 6.45) is 2.29. The second-order valence-electron chi connectivity index (χ2n) is 8.21. The topological polar surface area (TPSA) is 93.5 Å². The molecule has 0 aliphatic carbocycles. The molecule has 2 heterocycles. The number of hydrogen-bond donors (Lipinski definition) is 1. The van der Waals surface area contributed by atoms with E-state index in [1.807, 2.05) is 20.8 Å². The summed E-state index contributed by atoms with van der Waals surface area (Å²) in [5, 5.41) is 3.67. The van der Waals surface area contributed by atoms with Gasteiger partial charge in [0.25, 0.3) is 0 Å². The number of carbonyl (C=O) groups is 1. The molecule has 8 nitrogen and oxygen atoms in total. The highest BCUT2D eigenvalue weighted by Gasteiger charge is 2.23. The number of anilines is 1. The van der Waals surface area contributed by atoms with Crippen LogP contribution in [0.1, 0.15) is 43.6 Å². The predicted octanol–water partition coefficient (Wildman–Crippen LogP) is 3.75. The van der Waals surface area contributed by atoms with Crippen LogP contribution in [0.15, 0.2) is 28.3 Å². The van der Waals surface area contributed by atoms with E-state index >= 15 is 0 Å². The lowest BCUT2D eigenvalue weighted by molar-refractivity contribution is -0.113. The molecule has 1 saturated heterocycles. The molecule has 33 heavy (non-hydrogen) atoms. The first-order valence-corrected chi connectivity index (χ1v) is 13.8. The first-order valence-electron chi connectivity index (χ1n) is 11.4. The maximum atomic E-state index is 12.9. The van der Waals surface area contributed by atoms with Gasteiger partial charge in [-0.05, 0) is 51.3 Å². The van der Waals surface area contributed by atoms with Gasteiger partial charge >= 0.3 is 0 Å². The molecule has 1 aliphatic rings. The van der Waals surface area contributed by atoms with E-state index < -0.39 is 10.0 Å². The van der Waals surface area contributed by atoms with Crippen molar-refractivity contribution in [2.45, 2.75) is 70.2 Å². The summed E-state index contributed by atoms with van der Waals surface area (Å²) in [6, 6.07) is 4.85. The quantitative estimate of drug-likeness (QED) is 0.506. The van der Waals surface area contributed by atoms with Gasteiger partial charge in [0.1, 0.15) is 0 Å². The molecule has 1 aliphatic heterocycles. The number of sulfonamides is 1. The standard InChI is InChI=1S/C23H34N4O4S2/c1-6-26(7-2)33(29,30)20-11-10-16(3)21(13-20)25-22(28)15-32-23-24-17(4)18(5)27(23)14-19-9-8-12-31-19/h10-11,13,19H,6-9,12,14-15H2,1-5H3,(H,25,28). The zero-order chi connectivity index (χ0) is 24.2. The van der Waals surface area contributed by atoms with E-state index in [0.29, 0.717) is 18.8 Å². The Morgan fingerprint density at radius 1 is 1.27 bits per heavy atom. The Kier molecular flexibility index (Phi) is 8.60. The molecule has 3 rings (SSSR count). The van der Waals surface area contributed by atoms with Crippen molar-refractivity contribution in [3.05, 3.63) is 35.2 Å². The summed E-state index contributed by atoms with van der Waals surface area (Å²) in [4.78, 5) is 17.6. The van der Waals surface area contributed by atoms with Crippen LogP contribution in [-0.2, 0) is 26.1 Å². The van der Waals surface area contributed by atoms with Crippen LogP contribution in [0.5, 0.6) is 0 Å². The van der Waals surface area contributed by atoms with Crippen LogP contribution < -0.4 is 5.32 Å². The summed E-state index contributed by atoms with van der Waals surface area (Å²) >= 11 is 1.38. The third-order valence-corrected chi connectivity index (χ3v) is 9.01. The lowest BCUT2D eigenvalue weighted by atomic mass is 10.2. The number of nitrogens with zero attached hydrogens (tertiary/aromatic N) is 3. The van der Waals surface area contributed by atoms with E-state index in [0.717, 1.165) is 48.1 Å². The van der Waals surface area contributed by atoms with E-state index in [2.05, 4.69) is 14.9 Å². The number of imidazole rings is 1. The Morgan fingerprint density at radius 2 is 2.00 bits per heavy atom. The normalized spacial score (nSPS) is 16.5. The second kappa shape index (κ2) is 11.0. The molecule has 1 aromatic carbocycles. The van der Waals surface area contributed by atoms with E-state index in [4.69, 9.17) is 4.74 Å². The zero-order valence-electron chi connectivity index (χ0n) is 20.1. The number of ether oxygens (including phenoxy) is 1. The van der Waals surface area contributed by atoms with Crippen molar-refractivity contribution in [3.8, 4) is 0 Å². The number of aromatic nitrogens is 2. The molecule has 1 amide bonds. The molecule has 1 N–H and O–H groups in total. The predicted molar refractivity (Wildman–Crippen MR) is 131 cm³/mol. The van der Waals surface area contributed by atoms with E-state index in [1.54, 1.807) is 26.0 Å². The van der Waals surface area contributed by atoms with Crippen LogP contribution in [0.2, 0.25) is 0 Å². The van der Waals surface area contributed by atoms with Crippen LogP contribution >= 0.6 is 11.8 Å². The first-order chi connectivity index (χ1) is 15.7. The Morgan fingerprint density at radius 3 is 2.64 bits per heavy atom. The minimum atomic E-state index is -3.60. The smallest absolute Gasteiger partial charge is 0.243 e. The van der Waals surface area contributed by atoms with Crippen molar-refractivity contribution < 1.29 is 17.9 Å². The number of rotatable bonds is 10. The number of benzene rings is 1. The van der Waals surface area contributed by atoms with Crippen molar-refractivity contribution in [1.29, 1.82) is 0 Å². The average Bonchev–Trinajstić information content (AvgIpc) is 3.38. The lowest BCUT2D eigenvalue weighted by Crippen LogP contribution is -2.30. The van der Waals surface area contributed by atoms with Crippen LogP contribution in [0.3, 0.4) is 0 Å². The van der Waals surface area contributed by atoms with E-state index in [9.17, 15) is 13.2 Å². The molecule has 1 aromatic heterocycles. The molecule has 1 fully saturated rings. The monoisotopic (exact) mass is 494 g/mol. The highest BCUT2D eigenvalue weighted by molar-refractivity contribution is 7.99. The van der Waals surface area contributed by atoms with Gasteiger partial charge in [0, 0.05) is 31.1 Å². The fourth-order valence-electron chi connectivity index (χ4n) is 3.87. The molecule has 10 heteroatoms. The third kappa shape index (κ3) is 5.98. The molecular formula is C23H34N4O4S2. The fraction of sp³-hybridized carbons (Fsp3) is 0.565. The lowest BCUT2D eigenvalue weighted by Gasteiger charge is -2.19. The molecule has 0 bridgehead atoms. The first kappa shape index (κ1) is 25.7. The summed E-state index contributed by atoms with van der Waals surface area (Å²) in [6.45, 7) is 11.8. The molecular weight excluding hydrogens is 460 g/mol. The SMILES string of the molecule is CCN(CC)S(=O)(=O)c1ccc(C)c(NC(=O)CSc2nc(C)c(C)n2CC2CCCO2)c1. The van der Waals surface area contributed by atoms with Gasteiger partial charge in [0.2, 0.25) is 15.9 Å². The molecule has 1 atom stereocenters. The van der Waals surface area contributed by atoms with Crippen molar-refractivity contribution in [3.63, 3.8) is 0 Å². The van der Waals surface area contributed by atoms with Gasteiger partial charge in [-0.2, -0.15) is 4.31 Å². The van der Waals surface area contributed by atoms with Gasteiger partial charge in [0.05, 0.1) is 29.0 Å². The van der Waals surface area contributed by atoms with E-state index in [-0.39, 0.29) is 22.7 Å². The summed E-state index contributed by atoms with van der Waals surface area (Å²) in [5.41, 5.74) is 3.34. The fourth-order valence-corrected chi connectivity index (χ4v) is 6.25. The Bertz CT molecular complexity index is 1090. The Hall–Kier alpha value is -1.88. The number of aryl methyl sites for hydroxylation is 2. The maximum Gasteiger partial charge on any atom is 0.243 e. The second-order valence-corrected chi connectivity index (χ2v) is 11.1. The Balaban J connectivity index is 1.70. The number of carbonyl (C=O) groups excluding carboxylic acids is 1. The number of thioether (sulfide) groups is 1. The summed E-state index contributed by atoms with van der Waals surface area (Å²) in [7, 11) is -3.60. The van der Waals surface area contributed by atoms with Crippen LogP contribution in [0.4, 0.5) is 5.69 Å². The highest BCUT2D eigenvalue weighted by atomic mass is 32.2. The van der Waals surface area contributed by atoms with Crippen LogP contribution in [0, 0.1) is 20.8 Å². The molecule has 2 aromatic rings. The van der Waals surface area contributed by atoms with E-state index in [1.165, 1.54) is 22.1 Å². The van der Waals surface area contributed by atoms with Crippen molar-refractivity contribution >= 4 is 33.4 Å². The highest BCUT2D eigenvalue weighted by Crippen LogP contribution is 2.26. The zero-order valence-corrected chi connectivity index (χ0v) is 21.7. The number of amides is 1. The van der Waals surface area contributed by atoms with Crippen LogP contribution in [-0.4, -0.2) is 59.7 Å². The summed E-state index contributed by atoms with van der Waals surface area (Å²) in [5.74, 6) is -0.0316. The van der Waals surface area contributed by atoms with Gasteiger partial charge in [-0.25, -0.2) is 13.4 Å². The van der Waals surface area contributed by atoms with Crippen molar-refractivity contribution in [2.75, 3.05) is 30.8 Å². The molecule has 0 saturated carbocycles. The van der Waals surface area contributed by atoms with Crippen LogP contribution in [0.25, 0.3) is 0 Å². The molecule has 1 unspecified atom stereocenters. The minimum Gasteiger partial charge on any atom is -0.376 e. The van der Waals surface area contributed by atoms with Gasteiger partial charge in [-0.1, -0.05) is 31.7 Å². The van der Waals surface area contributed by atoms with Crippen molar-refractivity contribution in [2.24, 2.45) is 0 Å². The summed E-state index contributed by atoms with van der Waals surface area (Å²) < 4.78 is 35.0. The van der Waals surface area contributed by atoms with Gasteiger partial charge in [0.15, 0.2) is 5.16 Å². The molecule has 182 valence electrons. The average molecular weight is 495 g/mol. The molecule has 0 spiro atoms. The number of nitrogens with one attached hydrogen (secondary N) is 1. The third-order valence-electron chi connectivity index (χ3n) is 5.99. The number of hydrogen-bond acceptors (Lipinski definition) is 6. The Labute approximate surface area is 201 Å². The van der Waals surface area contributed by atoms with Gasteiger partial charge in [-0.15, -0.1) is 0 Å². The largest absolute Gasteiger partial charge is 0.376 e.